The molecule has 0 fully saturated rings. The van der Waals surface area contributed by atoms with Crippen LogP contribution in [0.2, 0.25) is 0 Å². The molecular formula is C19H18N2O4. The second-order valence-electron chi connectivity index (χ2n) is 5.59. The van der Waals surface area contributed by atoms with Crippen LogP contribution in [-0.4, -0.2) is 27.2 Å². The monoisotopic (exact) mass is 338 g/mol. The van der Waals surface area contributed by atoms with Gasteiger partial charge in [0.1, 0.15) is 5.75 Å². The van der Waals surface area contributed by atoms with Gasteiger partial charge in [0.25, 0.3) is 5.56 Å². The summed E-state index contributed by atoms with van der Waals surface area (Å²) in [6.07, 6.45) is 2.02. The van der Waals surface area contributed by atoms with E-state index in [9.17, 15) is 14.7 Å². The van der Waals surface area contributed by atoms with Gasteiger partial charge in [-0.25, -0.2) is 9.78 Å². The molecule has 0 radical (unpaired) electrons. The molecule has 6 heteroatoms. The van der Waals surface area contributed by atoms with Crippen molar-refractivity contribution in [2.75, 3.05) is 6.61 Å². The van der Waals surface area contributed by atoms with Gasteiger partial charge in [-0.3, -0.25) is 9.36 Å². The zero-order valence-corrected chi connectivity index (χ0v) is 13.8. The van der Waals surface area contributed by atoms with Crippen LogP contribution in [0.15, 0.2) is 53.3 Å². The largest absolute Gasteiger partial charge is 0.494 e. The second kappa shape index (κ2) is 7.17. The van der Waals surface area contributed by atoms with Crippen LogP contribution in [0.25, 0.3) is 16.7 Å². The second-order valence-corrected chi connectivity index (χ2v) is 5.59. The zero-order valence-electron chi connectivity index (χ0n) is 13.8. The molecular weight excluding hydrogens is 320 g/mol. The lowest BCUT2D eigenvalue weighted by molar-refractivity contribution is 0.0688. The predicted molar refractivity (Wildman–Crippen MR) is 94.7 cm³/mol. The van der Waals surface area contributed by atoms with Gasteiger partial charge in [0.05, 0.1) is 17.6 Å². The number of carboxylic acids is 1. The Hall–Kier alpha value is -3.15. The molecule has 0 saturated carbocycles. The Balaban J connectivity index is 2.10. The van der Waals surface area contributed by atoms with E-state index in [1.807, 2.05) is 0 Å². The Morgan fingerprint density at radius 3 is 2.56 bits per heavy atom. The van der Waals surface area contributed by atoms with Crippen LogP contribution in [0.5, 0.6) is 5.75 Å². The Labute approximate surface area is 144 Å². The number of nitrogens with zero attached hydrogens (tertiary/aromatic N) is 2. The van der Waals surface area contributed by atoms with E-state index in [-0.39, 0.29) is 0 Å². The summed E-state index contributed by atoms with van der Waals surface area (Å²) >= 11 is 0. The van der Waals surface area contributed by atoms with Gasteiger partial charge in [-0.15, -0.1) is 0 Å². The third kappa shape index (κ3) is 3.38. The van der Waals surface area contributed by atoms with Gasteiger partial charge in [0.15, 0.2) is 0 Å². The van der Waals surface area contributed by atoms with E-state index in [0.717, 1.165) is 12.8 Å². The van der Waals surface area contributed by atoms with E-state index in [0.29, 0.717) is 29.1 Å². The van der Waals surface area contributed by atoms with Gasteiger partial charge in [-0.2, -0.15) is 0 Å². The smallest absolute Gasteiger partial charge is 0.360 e. The highest BCUT2D eigenvalue weighted by Gasteiger charge is 2.17. The Bertz CT molecular complexity index is 961. The molecule has 0 unspecified atom stereocenters. The summed E-state index contributed by atoms with van der Waals surface area (Å²) in [5, 5.41) is 9.27. The molecule has 0 aliphatic heterocycles. The number of aromatic nitrogens is 2. The van der Waals surface area contributed by atoms with Crippen LogP contribution < -0.4 is 10.3 Å². The van der Waals surface area contributed by atoms with Crippen molar-refractivity contribution in [2.24, 2.45) is 0 Å². The Morgan fingerprint density at radius 1 is 1.16 bits per heavy atom. The first-order valence-corrected chi connectivity index (χ1v) is 8.10. The van der Waals surface area contributed by atoms with Crippen LogP contribution >= 0.6 is 0 Å². The van der Waals surface area contributed by atoms with Crippen LogP contribution in [0.3, 0.4) is 0 Å². The highest BCUT2D eigenvalue weighted by atomic mass is 16.5. The summed E-state index contributed by atoms with van der Waals surface area (Å²) in [5.74, 6) is -0.633. The molecule has 2 aromatic carbocycles. The number of benzene rings is 2. The molecule has 1 N–H and O–H groups in total. The lowest BCUT2D eigenvalue weighted by Gasteiger charge is -2.12. The van der Waals surface area contributed by atoms with Gasteiger partial charge in [-0.05, 0) is 42.8 Å². The maximum absolute atomic E-state index is 12.6. The van der Waals surface area contributed by atoms with E-state index < -0.39 is 17.2 Å². The standard InChI is InChI=1S/C19H18N2O4/c1-2-3-12-25-14-10-8-13(9-11-14)21-16-7-5-4-6-15(16)20-17(18(21)22)19(23)24/h4-11H,2-3,12H2,1H3,(H,23,24). The molecule has 0 aliphatic rings. The predicted octanol–water partition coefficient (Wildman–Crippen LogP) is 3.26. The maximum atomic E-state index is 12.6. The van der Waals surface area contributed by atoms with Crippen molar-refractivity contribution in [3.05, 3.63) is 64.6 Å². The normalized spacial score (nSPS) is 10.8. The van der Waals surface area contributed by atoms with E-state index in [4.69, 9.17) is 4.74 Å². The van der Waals surface area contributed by atoms with E-state index in [1.165, 1.54) is 4.57 Å². The molecule has 0 atom stereocenters. The minimum atomic E-state index is -1.34. The van der Waals surface area contributed by atoms with Gasteiger partial charge in [0, 0.05) is 5.69 Å². The fourth-order valence-electron chi connectivity index (χ4n) is 2.55. The van der Waals surface area contributed by atoms with E-state index in [2.05, 4.69) is 11.9 Å². The van der Waals surface area contributed by atoms with Crippen molar-refractivity contribution >= 4 is 17.0 Å². The molecule has 0 spiro atoms. The number of unbranched alkanes of at least 4 members (excludes halogenated alkanes) is 1. The molecule has 1 heterocycles. The van der Waals surface area contributed by atoms with Gasteiger partial charge in [-0.1, -0.05) is 25.5 Å². The van der Waals surface area contributed by atoms with Crippen molar-refractivity contribution < 1.29 is 14.6 Å². The molecule has 6 nitrogen and oxygen atoms in total. The SMILES string of the molecule is CCCCOc1ccc(-n2c(=O)c(C(=O)O)nc3ccccc32)cc1. The molecule has 0 bridgehead atoms. The quantitative estimate of drug-likeness (QED) is 0.698. The molecule has 0 amide bonds. The van der Waals surface area contributed by atoms with Crippen LogP contribution in [0.4, 0.5) is 0 Å². The Morgan fingerprint density at radius 2 is 1.88 bits per heavy atom. The first-order valence-electron chi connectivity index (χ1n) is 8.10. The molecule has 0 saturated heterocycles. The first kappa shape index (κ1) is 16.7. The molecule has 1 aromatic heterocycles. The fraction of sp³-hybridized carbons (Fsp3) is 0.211. The topological polar surface area (TPSA) is 81.4 Å². The lowest BCUT2D eigenvalue weighted by Crippen LogP contribution is -2.27. The fourth-order valence-corrected chi connectivity index (χ4v) is 2.55. The number of carboxylic acid groups (broad SMARTS) is 1. The average molecular weight is 338 g/mol. The highest BCUT2D eigenvalue weighted by molar-refractivity contribution is 5.88. The van der Waals surface area contributed by atoms with Crippen molar-refractivity contribution in [1.82, 2.24) is 9.55 Å². The minimum absolute atomic E-state index is 0.447. The average Bonchev–Trinajstić information content (AvgIpc) is 2.62. The molecule has 0 aliphatic carbocycles. The van der Waals surface area contributed by atoms with E-state index in [1.54, 1.807) is 48.5 Å². The number of ether oxygens (including phenoxy) is 1. The number of para-hydroxylation sites is 2. The highest BCUT2D eigenvalue weighted by Crippen LogP contribution is 2.19. The lowest BCUT2D eigenvalue weighted by atomic mass is 10.2. The van der Waals surface area contributed by atoms with E-state index >= 15 is 0 Å². The van der Waals surface area contributed by atoms with Gasteiger partial charge >= 0.3 is 5.97 Å². The maximum Gasteiger partial charge on any atom is 0.360 e. The van der Waals surface area contributed by atoms with Crippen molar-refractivity contribution in [1.29, 1.82) is 0 Å². The summed E-state index contributed by atoms with van der Waals surface area (Å²) < 4.78 is 6.99. The number of fused-ring (bicyclic) bond motifs is 1. The third-order valence-corrected chi connectivity index (χ3v) is 3.82. The van der Waals surface area contributed by atoms with Crippen molar-refractivity contribution in [3.8, 4) is 11.4 Å². The number of hydrogen-bond acceptors (Lipinski definition) is 4. The van der Waals surface area contributed by atoms with Crippen molar-refractivity contribution in [2.45, 2.75) is 19.8 Å². The molecule has 128 valence electrons. The van der Waals surface area contributed by atoms with Crippen molar-refractivity contribution in [3.63, 3.8) is 0 Å². The number of carbonyl (C=O) groups is 1. The van der Waals surface area contributed by atoms with Crippen LogP contribution in [0.1, 0.15) is 30.3 Å². The summed E-state index contributed by atoms with van der Waals surface area (Å²) in [5.41, 5.74) is 0.404. The molecule has 25 heavy (non-hydrogen) atoms. The summed E-state index contributed by atoms with van der Waals surface area (Å²) in [6, 6.07) is 14.0. The van der Waals surface area contributed by atoms with Crippen LogP contribution in [0, 0.1) is 0 Å². The number of aromatic carboxylic acids is 1. The first-order chi connectivity index (χ1) is 12.1. The number of hydrogen-bond donors (Lipinski definition) is 1. The summed E-state index contributed by atoms with van der Waals surface area (Å²) in [7, 11) is 0. The zero-order chi connectivity index (χ0) is 17.8. The minimum Gasteiger partial charge on any atom is -0.494 e. The summed E-state index contributed by atoms with van der Waals surface area (Å²) in [6.45, 7) is 2.73. The summed E-state index contributed by atoms with van der Waals surface area (Å²) in [4.78, 5) is 27.9. The van der Waals surface area contributed by atoms with Gasteiger partial charge in [0.2, 0.25) is 5.69 Å². The third-order valence-electron chi connectivity index (χ3n) is 3.82. The molecule has 3 rings (SSSR count). The number of rotatable bonds is 6. The molecule has 3 aromatic rings. The van der Waals surface area contributed by atoms with Gasteiger partial charge < -0.3 is 9.84 Å². The Kier molecular flexibility index (Phi) is 4.79. The van der Waals surface area contributed by atoms with Crippen LogP contribution in [-0.2, 0) is 0 Å².